The van der Waals surface area contributed by atoms with E-state index >= 15 is 0 Å². The highest BCUT2D eigenvalue weighted by Gasteiger charge is 2.22. The third-order valence-electron chi connectivity index (χ3n) is 3.68. The SMILES string of the molecule is CN(Cc1ccccc1Cl)c1ccc2nnc(C(C)(C)C)n2n1. The van der Waals surface area contributed by atoms with Crippen molar-refractivity contribution in [1.29, 1.82) is 0 Å². The number of hydrogen-bond acceptors (Lipinski definition) is 4. The van der Waals surface area contributed by atoms with Gasteiger partial charge in [-0.15, -0.1) is 15.3 Å². The summed E-state index contributed by atoms with van der Waals surface area (Å²) in [6.45, 7) is 6.99. The molecule has 1 aromatic carbocycles. The molecule has 2 aromatic heterocycles. The van der Waals surface area contributed by atoms with Crippen molar-refractivity contribution >= 4 is 23.1 Å². The Morgan fingerprint density at radius 2 is 1.83 bits per heavy atom. The molecule has 0 fully saturated rings. The van der Waals surface area contributed by atoms with E-state index in [1.165, 1.54) is 0 Å². The van der Waals surface area contributed by atoms with E-state index in [4.69, 9.17) is 16.7 Å². The van der Waals surface area contributed by atoms with E-state index < -0.39 is 0 Å². The maximum absolute atomic E-state index is 6.25. The van der Waals surface area contributed by atoms with E-state index in [2.05, 4.69) is 35.9 Å². The summed E-state index contributed by atoms with van der Waals surface area (Å²) in [5.41, 5.74) is 1.70. The third-order valence-corrected chi connectivity index (χ3v) is 4.04. The van der Waals surface area contributed by atoms with Gasteiger partial charge in [0.2, 0.25) is 0 Å². The van der Waals surface area contributed by atoms with Gasteiger partial charge in [-0.05, 0) is 23.8 Å². The lowest BCUT2D eigenvalue weighted by Crippen LogP contribution is -2.21. The Bertz CT molecular complexity index is 834. The van der Waals surface area contributed by atoms with Gasteiger partial charge in [-0.3, -0.25) is 0 Å². The second-order valence-corrected chi connectivity index (χ2v) is 7.09. The summed E-state index contributed by atoms with van der Waals surface area (Å²) >= 11 is 6.25. The zero-order valence-corrected chi connectivity index (χ0v) is 14.5. The van der Waals surface area contributed by atoms with E-state index in [0.29, 0.717) is 6.54 Å². The number of hydrogen-bond donors (Lipinski definition) is 0. The quantitative estimate of drug-likeness (QED) is 0.735. The molecule has 23 heavy (non-hydrogen) atoms. The van der Waals surface area contributed by atoms with Crippen LogP contribution in [-0.4, -0.2) is 26.9 Å². The van der Waals surface area contributed by atoms with Crippen LogP contribution >= 0.6 is 11.6 Å². The Morgan fingerprint density at radius 3 is 2.52 bits per heavy atom. The number of aromatic nitrogens is 4. The first-order chi connectivity index (χ1) is 10.9. The van der Waals surface area contributed by atoms with Gasteiger partial charge in [0.25, 0.3) is 0 Å². The second kappa shape index (κ2) is 5.81. The highest BCUT2D eigenvalue weighted by Crippen LogP contribution is 2.23. The molecule has 3 rings (SSSR count). The number of nitrogens with zero attached hydrogens (tertiary/aromatic N) is 5. The van der Waals surface area contributed by atoms with Crippen LogP contribution in [0, 0.1) is 0 Å². The minimum Gasteiger partial charge on any atom is -0.354 e. The first-order valence-electron chi connectivity index (χ1n) is 7.54. The summed E-state index contributed by atoms with van der Waals surface area (Å²) in [4.78, 5) is 2.06. The largest absolute Gasteiger partial charge is 0.354 e. The first kappa shape index (κ1) is 15.7. The van der Waals surface area contributed by atoms with E-state index in [1.807, 2.05) is 48.0 Å². The molecule has 120 valence electrons. The van der Waals surface area contributed by atoms with Gasteiger partial charge in [0.1, 0.15) is 5.82 Å². The lowest BCUT2D eigenvalue weighted by molar-refractivity contribution is 0.526. The lowest BCUT2D eigenvalue weighted by Gasteiger charge is -2.20. The monoisotopic (exact) mass is 329 g/mol. The molecule has 0 amide bonds. The average molecular weight is 330 g/mol. The van der Waals surface area contributed by atoms with Crippen molar-refractivity contribution in [3.63, 3.8) is 0 Å². The van der Waals surface area contributed by atoms with Crippen molar-refractivity contribution in [3.05, 3.63) is 52.8 Å². The van der Waals surface area contributed by atoms with Gasteiger partial charge in [0, 0.05) is 24.0 Å². The predicted molar refractivity (Wildman–Crippen MR) is 93.0 cm³/mol. The summed E-state index contributed by atoms with van der Waals surface area (Å²) in [7, 11) is 2.00. The molecule has 0 N–H and O–H groups in total. The lowest BCUT2D eigenvalue weighted by atomic mass is 9.96. The molecule has 0 aliphatic heterocycles. The standard InChI is InChI=1S/C17H20ClN5/c1-17(2,3)16-20-19-14-9-10-15(21-23(14)16)22(4)11-12-7-5-6-8-13(12)18/h5-10H,11H2,1-4H3. The molecule has 0 aliphatic rings. The average Bonchev–Trinajstić information content (AvgIpc) is 2.92. The van der Waals surface area contributed by atoms with Crippen LogP contribution in [-0.2, 0) is 12.0 Å². The van der Waals surface area contributed by atoms with Gasteiger partial charge in [0.05, 0.1) is 0 Å². The summed E-state index contributed by atoms with van der Waals surface area (Å²) in [6, 6.07) is 11.7. The zero-order valence-electron chi connectivity index (χ0n) is 13.8. The first-order valence-corrected chi connectivity index (χ1v) is 7.91. The molecule has 5 nitrogen and oxygen atoms in total. The van der Waals surface area contributed by atoms with Gasteiger partial charge in [-0.1, -0.05) is 50.6 Å². The maximum atomic E-state index is 6.25. The number of halogens is 1. The summed E-state index contributed by atoms with van der Waals surface area (Å²) in [6.07, 6.45) is 0. The van der Waals surface area contributed by atoms with E-state index in [9.17, 15) is 0 Å². The summed E-state index contributed by atoms with van der Waals surface area (Å²) < 4.78 is 1.82. The number of anilines is 1. The molecule has 3 aromatic rings. The molecular formula is C17H20ClN5. The molecule has 0 atom stereocenters. The Labute approximate surface area is 140 Å². The van der Waals surface area contributed by atoms with Gasteiger partial charge in [-0.2, -0.15) is 4.52 Å². The topological polar surface area (TPSA) is 46.3 Å². The van der Waals surface area contributed by atoms with Gasteiger partial charge >= 0.3 is 0 Å². The summed E-state index contributed by atoms with van der Waals surface area (Å²) in [5, 5.41) is 13.9. The zero-order chi connectivity index (χ0) is 16.6. The minimum absolute atomic E-state index is 0.119. The molecule has 0 radical (unpaired) electrons. The van der Waals surface area contributed by atoms with Crippen LogP contribution in [0.1, 0.15) is 32.2 Å². The van der Waals surface area contributed by atoms with Crippen LogP contribution in [0.4, 0.5) is 5.82 Å². The second-order valence-electron chi connectivity index (χ2n) is 6.68. The van der Waals surface area contributed by atoms with Crippen LogP contribution in [0.15, 0.2) is 36.4 Å². The molecule has 6 heteroatoms. The van der Waals surface area contributed by atoms with Crippen molar-refractivity contribution in [1.82, 2.24) is 19.8 Å². The van der Waals surface area contributed by atoms with Gasteiger partial charge in [-0.25, -0.2) is 0 Å². The van der Waals surface area contributed by atoms with Crippen LogP contribution in [0.25, 0.3) is 5.65 Å². The van der Waals surface area contributed by atoms with Crippen LogP contribution in [0.3, 0.4) is 0 Å². The highest BCUT2D eigenvalue weighted by molar-refractivity contribution is 6.31. The van der Waals surface area contributed by atoms with E-state index in [1.54, 1.807) is 0 Å². The fraction of sp³-hybridized carbons (Fsp3) is 0.353. The fourth-order valence-corrected chi connectivity index (χ4v) is 2.61. The Balaban J connectivity index is 1.95. The van der Waals surface area contributed by atoms with Crippen molar-refractivity contribution in [2.45, 2.75) is 32.7 Å². The molecule has 0 bridgehead atoms. The van der Waals surface area contributed by atoms with Crippen molar-refractivity contribution < 1.29 is 0 Å². The molecular weight excluding hydrogens is 310 g/mol. The highest BCUT2D eigenvalue weighted by atomic mass is 35.5. The van der Waals surface area contributed by atoms with Crippen LogP contribution in [0.2, 0.25) is 5.02 Å². The van der Waals surface area contributed by atoms with Gasteiger partial charge in [0.15, 0.2) is 11.5 Å². The predicted octanol–water partition coefficient (Wildman–Crippen LogP) is 3.71. The smallest absolute Gasteiger partial charge is 0.178 e. The van der Waals surface area contributed by atoms with Gasteiger partial charge < -0.3 is 4.90 Å². The fourth-order valence-electron chi connectivity index (χ4n) is 2.41. The normalized spacial score (nSPS) is 11.9. The van der Waals surface area contributed by atoms with Crippen LogP contribution < -0.4 is 4.90 Å². The van der Waals surface area contributed by atoms with Crippen molar-refractivity contribution in [3.8, 4) is 0 Å². The Hall–Kier alpha value is -2.14. The third kappa shape index (κ3) is 3.15. The molecule has 0 saturated carbocycles. The molecule has 0 saturated heterocycles. The van der Waals surface area contributed by atoms with E-state index in [0.717, 1.165) is 27.9 Å². The number of benzene rings is 1. The molecule has 2 heterocycles. The molecule has 0 unspecified atom stereocenters. The number of rotatable bonds is 3. The molecule has 0 aliphatic carbocycles. The van der Waals surface area contributed by atoms with Crippen molar-refractivity contribution in [2.24, 2.45) is 0 Å². The molecule has 0 spiro atoms. The Kier molecular flexibility index (Phi) is 3.98. The van der Waals surface area contributed by atoms with Crippen molar-refractivity contribution in [2.75, 3.05) is 11.9 Å². The maximum Gasteiger partial charge on any atom is 0.178 e. The minimum atomic E-state index is -0.119. The summed E-state index contributed by atoms with van der Waals surface area (Å²) in [5.74, 6) is 1.70. The van der Waals surface area contributed by atoms with E-state index in [-0.39, 0.29) is 5.41 Å². The Morgan fingerprint density at radius 1 is 1.09 bits per heavy atom. The number of fused-ring (bicyclic) bond motifs is 1. The van der Waals surface area contributed by atoms with Crippen LogP contribution in [0.5, 0.6) is 0 Å².